The Morgan fingerprint density at radius 1 is 1.21 bits per heavy atom. The van der Waals surface area contributed by atoms with E-state index in [4.69, 9.17) is 0 Å². The molecule has 1 aliphatic rings. The summed E-state index contributed by atoms with van der Waals surface area (Å²) < 4.78 is 0.799. The van der Waals surface area contributed by atoms with E-state index < -0.39 is 11.5 Å². The van der Waals surface area contributed by atoms with Gasteiger partial charge in [-0.2, -0.15) is 0 Å². The first kappa shape index (κ1) is 14.1. The van der Waals surface area contributed by atoms with E-state index in [0.29, 0.717) is 18.4 Å². The molecule has 2 rings (SSSR count). The number of carbonyl (C=O) groups excluding carboxylic acids is 1. The Bertz CT molecular complexity index is 495. The normalized spacial score (nSPS) is 17.7. The Kier molecular flexibility index (Phi) is 4.24. The maximum Gasteiger partial charge on any atom is 0.329 e. The molecule has 4 nitrogen and oxygen atoms in total. The molecule has 102 valence electrons. The van der Waals surface area contributed by atoms with Gasteiger partial charge in [0.2, 0.25) is 0 Å². The van der Waals surface area contributed by atoms with E-state index >= 15 is 0 Å². The van der Waals surface area contributed by atoms with Gasteiger partial charge in [-0.05, 0) is 31.0 Å². The largest absolute Gasteiger partial charge is 0.480 e. The van der Waals surface area contributed by atoms with Gasteiger partial charge in [0.15, 0.2) is 0 Å². The van der Waals surface area contributed by atoms with Crippen molar-refractivity contribution in [3.05, 3.63) is 34.3 Å². The monoisotopic (exact) mass is 325 g/mol. The van der Waals surface area contributed by atoms with Crippen LogP contribution in [0.1, 0.15) is 42.5 Å². The van der Waals surface area contributed by atoms with E-state index in [1.165, 1.54) is 0 Å². The molecule has 0 radical (unpaired) electrons. The zero-order valence-corrected chi connectivity index (χ0v) is 12.1. The van der Waals surface area contributed by atoms with Crippen LogP contribution in [-0.2, 0) is 4.79 Å². The zero-order chi connectivity index (χ0) is 13.9. The van der Waals surface area contributed by atoms with Crippen molar-refractivity contribution >= 4 is 27.8 Å². The van der Waals surface area contributed by atoms with Gasteiger partial charge in [-0.1, -0.05) is 41.3 Å². The fourth-order valence-electron chi connectivity index (χ4n) is 2.47. The number of amides is 1. The first-order valence-electron chi connectivity index (χ1n) is 6.35. The second kappa shape index (κ2) is 5.74. The van der Waals surface area contributed by atoms with Crippen LogP contribution in [0, 0.1) is 0 Å². The maximum absolute atomic E-state index is 12.2. The number of carboxylic acids is 1. The van der Waals surface area contributed by atoms with Crippen LogP contribution in [0.15, 0.2) is 28.7 Å². The molecule has 5 heteroatoms. The van der Waals surface area contributed by atoms with Crippen LogP contribution in [0.4, 0.5) is 0 Å². The van der Waals surface area contributed by atoms with E-state index in [1.54, 1.807) is 18.2 Å². The minimum Gasteiger partial charge on any atom is -0.480 e. The summed E-state index contributed by atoms with van der Waals surface area (Å²) in [5, 5.41) is 12.1. The SMILES string of the molecule is O=C(NC1(C(=O)O)CCCCC1)c1cccc(Br)c1. The van der Waals surface area contributed by atoms with Crippen molar-refractivity contribution in [1.82, 2.24) is 5.32 Å². The van der Waals surface area contributed by atoms with Crippen molar-refractivity contribution in [1.29, 1.82) is 0 Å². The molecule has 2 N–H and O–H groups in total. The number of nitrogens with one attached hydrogen (secondary N) is 1. The van der Waals surface area contributed by atoms with Gasteiger partial charge in [0.05, 0.1) is 0 Å². The second-order valence-electron chi connectivity index (χ2n) is 4.91. The predicted octanol–water partition coefficient (Wildman–Crippen LogP) is 2.97. The lowest BCUT2D eigenvalue weighted by molar-refractivity contribution is -0.145. The highest BCUT2D eigenvalue weighted by molar-refractivity contribution is 9.10. The number of carbonyl (C=O) groups is 2. The highest BCUT2D eigenvalue weighted by atomic mass is 79.9. The third kappa shape index (κ3) is 3.15. The van der Waals surface area contributed by atoms with Crippen LogP contribution >= 0.6 is 15.9 Å². The molecule has 1 fully saturated rings. The van der Waals surface area contributed by atoms with Gasteiger partial charge in [0.25, 0.3) is 5.91 Å². The molecular weight excluding hydrogens is 310 g/mol. The summed E-state index contributed by atoms with van der Waals surface area (Å²) in [5.41, 5.74) is -0.627. The van der Waals surface area contributed by atoms with E-state index in [0.717, 1.165) is 23.7 Å². The van der Waals surface area contributed by atoms with Crippen LogP contribution in [0.3, 0.4) is 0 Å². The van der Waals surface area contributed by atoms with Crippen LogP contribution < -0.4 is 5.32 Å². The Balaban J connectivity index is 2.18. The van der Waals surface area contributed by atoms with Crippen LogP contribution in [0.5, 0.6) is 0 Å². The molecule has 1 amide bonds. The molecule has 0 saturated heterocycles. The van der Waals surface area contributed by atoms with Crippen molar-refractivity contribution in [3.63, 3.8) is 0 Å². The fourth-order valence-corrected chi connectivity index (χ4v) is 2.87. The number of carboxylic acid groups (broad SMARTS) is 1. The van der Waals surface area contributed by atoms with Gasteiger partial charge >= 0.3 is 5.97 Å². The molecule has 0 spiro atoms. The topological polar surface area (TPSA) is 66.4 Å². The molecule has 1 aromatic rings. The first-order chi connectivity index (χ1) is 9.03. The number of hydrogen-bond acceptors (Lipinski definition) is 2. The number of halogens is 1. The lowest BCUT2D eigenvalue weighted by Gasteiger charge is -2.34. The van der Waals surface area contributed by atoms with Crippen molar-refractivity contribution in [2.24, 2.45) is 0 Å². The molecule has 19 heavy (non-hydrogen) atoms. The van der Waals surface area contributed by atoms with Crippen molar-refractivity contribution in [2.45, 2.75) is 37.6 Å². The number of benzene rings is 1. The average molecular weight is 326 g/mol. The number of rotatable bonds is 3. The first-order valence-corrected chi connectivity index (χ1v) is 7.14. The minimum absolute atomic E-state index is 0.328. The van der Waals surface area contributed by atoms with Crippen LogP contribution in [0.25, 0.3) is 0 Å². The summed E-state index contributed by atoms with van der Waals surface area (Å²) in [6.07, 6.45) is 3.71. The third-order valence-corrected chi connectivity index (χ3v) is 4.05. The molecule has 0 atom stereocenters. The highest BCUT2D eigenvalue weighted by Crippen LogP contribution is 2.29. The second-order valence-corrected chi connectivity index (χ2v) is 5.83. The smallest absolute Gasteiger partial charge is 0.329 e. The number of hydrogen-bond donors (Lipinski definition) is 2. The minimum atomic E-state index is -1.10. The molecular formula is C14H16BrNO3. The third-order valence-electron chi connectivity index (χ3n) is 3.56. The van der Waals surface area contributed by atoms with E-state index in [2.05, 4.69) is 21.2 Å². The summed E-state index contributed by atoms with van der Waals surface area (Å²) in [7, 11) is 0. The molecule has 1 saturated carbocycles. The van der Waals surface area contributed by atoms with E-state index in [9.17, 15) is 14.7 Å². The molecule has 0 aromatic heterocycles. The van der Waals surface area contributed by atoms with Gasteiger partial charge in [0.1, 0.15) is 5.54 Å². The fraction of sp³-hybridized carbons (Fsp3) is 0.429. The molecule has 1 aliphatic carbocycles. The quantitative estimate of drug-likeness (QED) is 0.897. The van der Waals surface area contributed by atoms with Gasteiger partial charge in [0, 0.05) is 10.0 Å². The standard InChI is InChI=1S/C14H16BrNO3/c15-11-6-4-5-10(9-11)12(17)16-14(13(18)19)7-2-1-3-8-14/h4-6,9H,1-3,7-8H2,(H,16,17)(H,18,19). The van der Waals surface area contributed by atoms with Gasteiger partial charge in [-0.3, -0.25) is 4.79 Å². The summed E-state index contributed by atoms with van der Waals surface area (Å²) >= 11 is 3.30. The van der Waals surface area contributed by atoms with Crippen molar-refractivity contribution in [3.8, 4) is 0 Å². The highest BCUT2D eigenvalue weighted by Gasteiger charge is 2.41. The number of aliphatic carboxylic acids is 1. The summed E-state index contributed by atoms with van der Waals surface area (Å²) in [6, 6.07) is 6.95. The molecule has 0 heterocycles. The van der Waals surface area contributed by atoms with Crippen LogP contribution in [-0.4, -0.2) is 22.5 Å². The average Bonchev–Trinajstić information content (AvgIpc) is 2.39. The Hall–Kier alpha value is -1.36. The van der Waals surface area contributed by atoms with E-state index in [-0.39, 0.29) is 5.91 Å². The summed E-state index contributed by atoms with van der Waals surface area (Å²) in [5.74, 6) is -1.26. The zero-order valence-electron chi connectivity index (χ0n) is 10.5. The summed E-state index contributed by atoms with van der Waals surface area (Å²) in [6.45, 7) is 0. The van der Waals surface area contributed by atoms with E-state index in [1.807, 2.05) is 6.07 Å². The van der Waals surface area contributed by atoms with Crippen molar-refractivity contribution in [2.75, 3.05) is 0 Å². The predicted molar refractivity (Wildman–Crippen MR) is 75.1 cm³/mol. The summed E-state index contributed by atoms with van der Waals surface area (Å²) in [4.78, 5) is 23.7. The lowest BCUT2D eigenvalue weighted by Crippen LogP contribution is -2.55. The van der Waals surface area contributed by atoms with Gasteiger partial charge < -0.3 is 10.4 Å². The Morgan fingerprint density at radius 3 is 2.47 bits per heavy atom. The van der Waals surface area contributed by atoms with Crippen molar-refractivity contribution < 1.29 is 14.7 Å². The Labute approximate surface area is 120 Å². The van der Waals surface area contributed by atoms with Gasteiger partial charge in [-0.15, -0.1) is 0 Å². The molecule has 0 unspecified atom stereocenters. The molecule has 1 aromatic carbocycles. The van der Waals surface area contributed by atoms with Gasteiger partial charge in [-0.25, -0.2) is 4.79 Å². The van der Waals surface area contributed by atoms with Crippen LogP contribution in [0.2, 0.25) is 0 Å². The lowest BCUT2D eigenvalue weighted by atomic mass is 9.81. The molecule has 0 aliphatic heterocycles. The molecule has 0 bridgehead atoms. The maximum atomic E-state index is 12.2. The Morgan fingerprint density at radius 2 is 1.89 bits per heavy atom.